The predicted molar refractivity (Wildman–Crippen MR) is 70.3 cm³/mol. The molecular weight excluding hydrogens is 230 g/mol. The summed E-state index contributed by atoms with van der Waals surface area (Å²) in [7, 11) is 1.61. The highest BCUT2D eigenvalue weighted by Crippen LogP contribution is 2.26. The molecule has 0 radical (unpaired) electrons. The maximum Gasteiger partial charge on any atom is 0.329 e. The molecule has 0 spiro atoms. The maximum atomic E-state index is 12.4. The van der Waals surface area contributed by atoms with Crippen molar-refractivity contribution in [1.29, 1.82) is 0 Å². The Hall–Kier alpha value is -1.06. The zero-order valence-electron chi connectivity index (χ0n) is 11.7. The van der Waals surface area contributed by atoms with Gasteiger partial charge >= 0.3 is 5.97 Å². The van der Waals surface area contributed by atoms with Gasteiger partial charge in [-0.3, -0.25) is 4.79 Å². The summed E-state index contributed by atoms with van der Waals surface area (Å²) in [6.45, 7) is 3.16. The molecule has 0 aromatic rings. The Kier molecular flexibility index (Phi) is 5.17. The summed E-state index contributed by atoms with van der Waals surface area (Å²) < 4.78 is 0. The number of rotatable bonds is 3. The van der Waals surface area contributed by atoms with E-state index >= 15 is 0 Å². The first kappa shape index (κ1) is 15.0. The highest BCUT2D eigenvalue weighted by atomic mass is 16.4. The van der Waals surface area contributed by atoms with Crippen molar-refractivity contribution in [1.82, 2.24) is 4.90 Å². The molecule has 4 heteroatoms. The van der Waals surface area contributed by atoms with Crippen LogP contribution in [0, 0.1) is 5.92 Å². The number of hydrogen-bond donors (Lipinski definition) is 1. The summed E-state index contributed by atoms with van der Waals surface area (Å²) >= 11 is 0. The number of nitrogens with zero attached hydrogens (tertiary/aromatic N) is 1. The van der Waals surface area contributed by atoms with Gasteiger partial charge in [0.2, 0.25) is 5.91 Å². The Morgan fingerprint density at radius 3 is 1.94 bits per heavy atom. The summed E-state index contributed by atoms with van der Waals surface area (Å²) in [5.74, 6) is -0.956. The first-order chi connectivity index (χ1) is 8.37. The maximum absolute atomic E-state index is 12.4. The highest BCUT2D eigenvalue weighted by Gasteiger charge is 2.37. The highest BCUT2D eigenvalue weighted by molar-refractivity contribution is 5.87. The molecule has 0 heterocycles. The molecule has 1 amide bonds. The van der Waals surface area contributed by atoms with Gasteiger partial charge in [-0.25, -0.2) is 4.79 Å². The van der Waals surface area contributed by atoms with Crippen molar-refractivity contribution < 1.29 is 14.7 Å². The van der Waals surface area contributed by atoms with Crippen molar-refractivity contribution in [3.8, 4) is 0 Å². The van der Waals surface area contributed by atoms with Gasteiger partial charge in [0.05, 0.1) is 0 Å². The van der Waals surface area contributed by atoms with Gasteiger partial charge in [0.1, 0.15) is 5.54 Å². The second-order valence-electron chi connectivity index (χ2n) is 5.80. The van der Waals surface area contributed by atoms with Crippen LogP contribution in [0.3, 0.4) is 0 Å². The third kappa shape index (κ3) is 3.47. The largest absolute Gasteiger partial charge is 0.480 e. The fourth-order valence-corrected chi connectivity index (χ4v) is 2.40. The van der Waals surface area contributed by atoms with Crippen molar-refractivity contribution >= 4 is 11.9 Å². The molecule has 1 rings (SSSR count). The minimum atomic E-state index is -1.13. The monoisotopic (exact) mass is 255 g/mol. The van der Waals surface area contributed by atoms with Gasteiger partial charge in [-0.05, 0) is 26.7 Å². The Bertz CT molecular complexity index is 304. The van der Waals surface area contributed by atoms with Crippen LogP contribution in [0.2, 0.25) is 0 Å². The fourth-order valence-electron chi connectivity index (χ4n) is 2.40. The van der Waals surface area contributed by atoms with E-state index in [0.717, 1.165) is 25.7 Å². The molecule has 1 N–H and O–H groups in total. The Morgan fingerprint density at radius 2 is 1.50 bits per heavy atom. The molecule has 1 saturated carbocycles. The molecule has 0 aliphatic heterocycles. The number of amides is 1. The lowest BCUT2D eigenvalue weighted by Crippen LogP contribution is -2.52. The standard InChI is InChI=1S/C14H25NO3/c1-14(2,13(17)18)15(3)12(16)11-9-7-5-4-6-8-10-11/h11H,4-10H2,1-3H3,(H,17,18). The molecule has 18 heavy (non-hydrogen) atoms. The molecule has 1 aliphatic carbocycles. The smallest absolute Gasteiger partial charge is 0.329 e. The zero-order valence-corrected chi connectivity index (χ0v) is 11.7. The number of hydrogen-bond acceptors (Lipinski definition) is 2. The van der Waals surface area contributed by atoms with Crippen LogP contribution in [0.5, 0.6) is 0 Å². The fraction of sp³-hybridized carbons (Fsp3) is 0.857. The van der Waals surface area contributed by atoms with Crippen LogP contribution in [0.25, 0.3) is 0 Å². The minimum absolute atomic E-state index is 0.00826. The van der Waals surface area contributed by atoms with Crippen LogP contribution in [-0.2, 0) is 9.59 Å². The van der Waals surface area contributed by atoms with E-state index in [2.05, 4.69) is 0 Å². The van der Waals surface area contributed by atoms with Gasteiger partial charge in [-0.15, -0.1) is 0 Å². The second kappa shape index (κ2) is 6.21. The van der Waals surface area contributed by atoms with E-state index < -0.39 is 11.5 Å². The molecule has 0 aromatic carbocycles. The normalized spacial score (nSPS) is 18.8. The number of carboxylic acid groups (broad SMARTS) is 1. The molecule has 0 unspecified atom stereocenters. The van der Waals surface area contributed by atoms with Crippen molar-refractivity contribution in [2.24, 2.45) is 5.92 Å². The number of likely N-dealkylation sites (N-methyl/N-ethyl adjacent to an activating group) is 1. The number of carbonyl (C=O) groups is 2. The average molecular weight is 255 g/mol. The Morgan fingerprint density at radius 1 is 1.06 bits per heavy atom. The zero-order chi connectivity index (χ0) is 13.8. The summed E-state index contributed by atoms with van der Waals surface area (Å²) in [4.78, 5) is 25.0. The van der Waals surface area contributed by atoms with E-state index in [0.29, 0.717) is 0 Å². The molecule has 104 valence electrons. The van der Waals surface area contributed by atoms with Crippen LogP contribution in [0.1, 0.15) is 58.8 Å². The van der Waals surface area contributed by atoms with E-state index in [9.17, 15) is 9.59 Å². The van der Waals surface area contributed by atoms with E-state index in [1.165, 1.54) is 24.2 Å². The van der Waals surface area contributed by atoms with Crippen LogP contribution in [-0.4, -0.2) is 34.5 Å². The lowest BCUT2D eigenvalue weighted by molar-refractivity contribution is -0.157. The first-order valence-corrected chi connectivity index (χ1v) is 6.88. The van der Waals surface area contributed by atoms with Crippen LogP contribution in [0.4, 0.5) is 0 Å². The van der Waals surface area contributed by atoms with Gasteiger partial charge in [0, 0.05) is 13.0 Å². The quantitative estimate of drug-likeness (QED) is 0.843. The van der Waals surface area contributed by atoms with Gasteiger partial charge in [-0.1, -0.05) is 32.1 Å². The van der Waals surface area contributed by atoms with Crippen molar-refractivity contribution in [3.63, 3.8) is 0 Å². The molecule has 1 aliphatic rings. The van der Waals surface area contributed by atoms with E-state index in [-0.39, 0.29) is 11.8 Å². The molecule has 0 saturated heterocycles. The Labute approximate surface area is 109 Å². The van der Waals surface area contributed by atoms with Gasteiger partial charge < -0.3 is 10.0 Å². The predicted octanol–water partition coefficient (Wildman–Crippen LogP) is 2.67. The molecule has 1 fully saturated rings. The summed E-state index contributed by atoms with van der Waals surface area (Å²) in [6.07, 6.45) is 7.61. The number of carboxylic acids is 1. The lowest BCUT2D eigenvalue weighted by Gasteiger charge is -2.34. The average Bonchev–Trinajstić information content (AvgIpc) is 2.26. The van der Waals surface area contributed by atoms with Gasteiger partial charge in [-0.2, -0.15) is 0 Å². The third-order valence-electron chi connectivity index (χ3n) is 4.15. The third-order valence-corrected chi connectivity index (χ3v) is 4.15. The lowest BCUT2D eigenvalue weighted by atomic mass is 9.89. The summed E-state index contributed by atoms with van der Waals surface area (Å²) in [6, 6.07) is 0. The van der Waals surface area contributed by atoms with E-state index in [1.807, 2.05) is 0 Å². The number of aliphatic carboxylic acids is 1. The Balaban J connectivity index is 2.69. The van der Waals surface area contributed by atoms with Crippen molar-refractivity contribution in [2.45, 2.75) is 64.3 Å². The number of carbonyl (C=O) groups excluding carboxylic acids is 1. The summed E-state index contributed by atoms with van der Waals surface area (Å²) in [5.41, 5.74) is -1.13. The topological polar surface area (TPSA) is 57.6 Å². The molecule has 0 atom stereocenters. The molecular formula is C14H25NO3. The molecule has 0 bridgehead atoms. The molecule has 4 nitrogen and oxygen atoms in total. The van der Waals surface area contributed by atoms with Crippen molar-refractivity contribution in [2.75, 3.05) is 7.05 Å². The molecule has 0 aromatic heterocycles. The SMILES string of the molecule is CN(C(=O)C1CCCCCCC1)C(C)(C)C(=O)O. The van der Waals surface area contributed by atoms with Crippen LogP contribution in [0.15, 0.2) is 0 Å². The van der Waals surface area contributed by atoms with E-state index in [4.69, 9.17) is 5.11 Å². The van der Waals surface area contributed by atoms with Crippen molar-refractivity contribution in [3.05, 3.63) is 0 Å². The van der Waals surface area contributed by atoms with Gasteiger partial charge in [0.25, 0.3) is 0 Å². The minimum Gasteiger partial charge on any atom is -0.480 e. The first-order valence-electron chi connectivity index (χ1n) is 6.88. The van der Waals surface area contributed by atoms with Crippen LogP contribution >= 0.6 is 0 Å². The second-order valence-corrected chi connectivity index (χ2v) is 5.80. The summed E-state index contributed by atoms with van der Waals surface area (Å²) in [5, 5.41) is 9.17. The van der Waals surface area contributed by atoms with E-state index in [1.54, 1.807) is 20.9 Å². The van der Waals surface area contributed by atoms with Gasteiger partial charge in [0.15, 0.2) is 0 Å². The van der Waals surface area contributed by atoms with Crippen LogP contribution < -0.4 is 0 Å².